The second-order valence-corrected chi connectivity index (χ2v) is 4.84. The van der Waals surface area contributed by atoms with Gasteiger partial charge >= 0.3 is 5.97 Å². The molecule has 2 rings (SSSR count). The van der Waals surface area contributed by atoms with Gasteiger partial charge in [-0.05, 0) is 19.1 Å². The highest BCUT2D eigenvalue weighted by Gasteiger charge is 2.27. The van der Waals surface area contributed by atoms with E-state index in [1.807, 2.05) is 0 Å². The fraction of sp³-hybridized carbons (Fsp3) is 0.200. The molecule has 0 bridgehead atoms. The molecule has 5 nitrogen and oxygen atoms in total. The number of methoxy groups -OCH3 is 1. The first kappa shape index (κ1) is 15.3. The fourth-order valence-electron chi connectivity index (χ4n) is 2.20. The van der Waals surface area contributed by atoms with Crippen LogP contribution >= 0.6 is 11.6 Å². The number of rotatable bonds is 4. The highest BCUT2D eigenvalue weighted by Crippen LogP contribution is 2.26. The number of benzene rings is 1. The number of carbonyl (C=O) groups excluding carboxylic acids is 2. The first-order valence-corrected chi connectivity index (χ1v) is 6.58. The van der Waals surface area contributed by atoms with E-state index < -0.39 is 18.4 Å². The van der Waals surface area contributed by atoms with Crippen LogP contribution in [0.25, 0.3) is 0 Å². The van der Waals surface area contributed by atoms with E-state index in [1.54, 1.807) is 31.2 Å². The van der Waals surface area contributed by atoms with Crippen LogP contribution in [0, 0.1) is 6.92 Å². The molecular weight excluding hydrogens is 294 g/mol. The molecular formula is C15H14ClNO4. The number of halogens is 1. The lowest BCUT2D eigenvalue weighted by atomic mass is 9.98. The number of aromatic nitrogens is 1. The zero-order valence-corrected chi connectivity index (χ0v) is 12.3. The minimum absolute atomic E-state index is 0.0925. The Morgan fingerprint density at radius 2 is 1.95 bits per heavy atom. The van der Waals surface area contributed by atoms with Crippen LogP contribution in [0.4, 0.5) is 0 Å². The lowest BCUT2D eigenvalue weighted by molar-refractivity contribution is 0.0597. The minimum Gasteiger partial charge on any atom is -0.465 e. The normalized spacial score (nSPS) is 10.5. The van der Waals surface area contributed by atoms with Crippen molar-refractivity contribution in [3.63, 3.8) is 0 Å². The van der Waals surface area contributed by atoms with Crippen LogP contribution in [-0.2, 0) is 11.3 Å². The van der Waals surface area contributed by atoms with Gasteiger partial charge in [-0.15, -0.1) is 0 Å². The molecule has 21 heavy (non-hydrogen) atoms. The van der Waals surface area contributed by atoms with Gasteiger partial charge in [0.15, 0.2) is 5.78 Å². The van der Waals surface area contributed by atoms with Crippen LogP contribution in [0.1, 0.15) is 37.7 Å². The molecule has 0 aliphatic heterocycles. The third-order valence-corrected chi connectivity index (χ3v) is 3.49. The van der Waals surface area contributed by atoms with Crippen molar-refractivity contribution in [3.8, 4) is 0 Å². The molecule has 1 aromatic carbocycles. The number of hydrogen-bond donors (Lipinski definition) is 2. The second kappa shape index (κ2) is 6.11. The Bertz CT molecular complexity index is 706. The summed E-state index contributed by atoms with van der Waals surface area (Å²) in [5.41, 5.74) is 1.19. The molecule has 0 fully saturated rings. The van der Waals surface area contributed by atoms with E-state index in [1.165, 1.54) is 7.11 Å². The number of hydrogen-bond acceptors (Lipinski definition) is 4. The molecule has 0 saturated heterocycles. The first-order chi connectivity index (χ1) is 10.0. The van der Waals surface area contributed by atoms with Gasteiger partial charge in [0, 0.05) is 11.3 Å². The number of aliphatic hydroxyl groups excluding tert-OH is 1. The van der Waals surface area contributed by atoms with Gasteiger partial charge in [0.1, 0.15) is 0 Å². The Labute approximate surface area is 126 Å². The van der Waals surface area contributed by atoms with Crippen molar-refractivity contribution in [3.05, 3.63) is 57.4 Å². The third kappa shape index (κ3) is 2.70. The number of aryl methyl sites for hydroxylation is 1. The van der Waals surface area contributed by atoms with E-state index in [4.69, 9.17) is 16.3 Å². The quantitative estimate of drug-likeness (QED) is 0.672. The molecule has 0 aliphatic rings. The summed E-state index contributed by atoms with van der Waals surface area (Å²) in [6.07, 6.45) is 0. The highest BCUT2D eigenvalue weighted by molar-refractivity contribution is 6.35. The number of nitrogens with one attached hydrogen (secondary N) is 1. The van der Waals surface area contributed by atoms with Gasteiger partial charge in [-0.2, -0.15) is 0 Å². The Balaban J connectivity index is 2.65. The van der Waals surface area contributed by atoms with Crippen molar-refractivity contribution in [2.75, 3.05) is 7.11 Å². The molecule has 0 amide bonds. The zero-order valence-electron chi connectivity index (χ0n) is 11.6. The molecule has 110 valence electrons. The first-order valence-electron chi connectivity index (χ1n) is 6.21. The molecule has 6 heteroatoms. The third-order valence-electron chi connectivity index (χ3n) is 3.16. The van der Waals surface area contributed by atoms with E-state index in [9.17, 15) is 14.7 Å². The lowest BCUT2D eigenvalue weighted by Crippen LogP contribution is -2.12. The van der Waals surface area contributed by atoms with E-state index in [2.05, 4.69) is 4.98 Å². The van der Waals surface area contributed by atoms with Gasteiger partial charge in [-0.3, -0.25) is 4.79 Å². The monoisotopic (exact) mass is 307 g/mol. The highest BCUT2D eigenvalue weighted by atomic mass is 35.5. The van der Waals surface area contributed by atoms with Crippen LogP contribution in [0.15, 0.2) is 24.3 Å². The summed E-state index contributed by atoms with van der Waals surface area (Å²) >= 11 is 6.03. The van der Waals surface area contributed by atoms with Crippen LogP contribution in [-0.4, -0.2) is 29.0 Å². The summed E-state index contributed by atoms with van der Waals surface area (Å²) in [6.45, 7) is 1.23. The number of H-pyrrole nitrogens is 1. The van der Waals surface area contributed by atoms with Crippen LogP contribution in [0.2, 0.25) is 5.02 Å². The number of ether oxygens (including phenoxy) is 1. The van der Waals surface area contributed by atoms with Crippen molar-refractivity contribution < 1.29 is 19.4 Å². The minimum atomic E-state index is -0.640. The summed E-state index contributed by atoms with van der Waals surface area (Å²) in [7, 11) is 1.23. The fourth-order valence-corrected chi connectivity index (χ4v) is 2.42. The topological polar surface area (TPSA) is 79.4 Å². The largest absolute Gasteiger partial charge is 0.465 e. The average Bonchev–Trinajstić information content (AvgIpc) is 2.83. The molecule has 0 atom stereocenters. The number of carbonyl (C=O) groups is 2. The summed E-state index contributed by atoms with van der Waals surface area (Å²) in [5, 5.41) is 9.69. The molecule has 1 aromatic heterocycles. The van der Waals surface area contributed by atoms with Gasteiger partial charge < -0.3 is 14.8 Å². The lowest BCUT2D eigenvalue weighted by Gasteiger charge is -2.06. The number of aliphatic hydroxyl groups is 1. The van der Waals surface area contributed by atoms with Crippen molar-refractivity contribution >= 4 is 23.4 Å². The Kier molecular flexibility index (Phi) is 4.45. The predicted molar refractivity (Wildman–Crippen MR) is 77.7 cm³/mol. The maximum atomic E-state index is 12.7. The van der Waals surface area contributed by atoms with Gasteiger partial charge in [-0.25, -0.2) is 4.79 Å². The molecule has 2 aromatic rings. The Hall–Kier alpha value is -2.11. The Morgan fingerprint density at radius 1 is 1.29 bits per heavy atom. The summed E-state index contributed by atoms with van der Waals surface area (Å²) in [6, 6.07) is 6.53. The van der Waals surface area contributed by atoms with E-state index in [-0.39, 0.29) is 27.4 Å². The predicted octanol–water partition coefficient (Wildman–Crippen LogP) is 2.49. The molecule has 0 radical (unpaired) electrons. The second-order valence-electron chi connectivity index (χ2n) is 4.44. The number of aromatic amines is 1. The Morgan fingerprint density at radius 3 is 2.52 bits per heavy atom. The molecule has 0 spiro atoms. The summed E-state index contributed by atoms with van der Waals surface area (Å²) in [4.78, 5) is 27.4. The average molecular weight is 308 g/mol. The van der Waals surface area contributed by atoms with Crippen molar-refractivity contribution in [1.29, 1.82) is 0 Å². The number of esters is 1. The maximum Gasteiger partial charge on any atom is 0.340 e. The van der Waals surface area contributed by atoms with Gasteiger partial charge in [0.2, 0.25) is 0 Å². The molecule has 1 heterocycles. The smallest absolute Gasteiger partial charge is 0.340 e. The van der Waals surface area contributed by atoms with Crippen molar-refractivity contribution in [2.24, 2.45) is 0 Å². The summed E-state index contributed by atoms with van der Waals surface area (Å²) < 4.78 is 4.71. The van der Waals surface area contributed by atoms with Gasteiger partial charge in [-0.1, -0.05) is 23.7 Å². The van der Waals surface area contributed by atoms with Crippen LogP contribution < -0.4 is 0 Å². The zero-order chi connectivity index (χ0) is 15.6. The summed E-state index contributed by atoms with van der Waals surface area (Å²) in [5.74, 6) is -1.08. The molecule has 2 N–H and O–H groups in total. The van der Waals surface area contributed by atoms with Gasteiger partial charge in [0.25, 0.3) is 0 Å². The number of ketones is 1. The van der Waals surface area contributed by atoms with E-state index in [0.717, 1.165) is 0 Å². The molecule has 0 saturated carbocycles. The molecule has 0 unspecified atom stereocenters. The van der Waals surface area contributed by atoms with Gasteiger partial charge in [0.05, 0.1) is 35.6 Å². The van der Waals surface area contributed by atoms with Crippen LogP contribution in [0.3, 0.4) is 0 Å². The van der Waals surface area contributed by atoms with E-state index in [0.29, 0.717) is 5.69 Å². The van der Waals surface area contributed by atoms with Crippen molar-refractivity contribution in [1.82, 2.24) is 4.98 Å². The van der Waals surface area contributed by atoms with Crippen molar-refractivity contribution in [2.45, 2.75) is 13.5 Å². The SMILES string of the molecule is COC(=O)c1c(C)[nH]c(CO)c1C(=O)c1ccccc1Cl. The maximum absolute atomic E-state index is 12.7. The van der Waals surface area contributed by atoms with E-state index >= 15 is 0 Å². The van der Waals surface area contributed by atoms with Crippen LogP contribution in [0.5, 0.6) is 0 Å². The molecule has 0 aliphatic carbocycles. The standard InChI is InChI=1S/C15H14ClNO4/c1-8-12(15(20)21-2)13(11(7-18)17-8)14(19)9-5-3-4-6-10(9)16/h3-6,17-18H,7H2,1-2H3.